The number of nitrogens with zero attached hydrogens (tertiary/aromatic N) is 1. The SMILES string of the molecule is COCC1CCN(c2ccc(C(N)=S)c(C(F)(F)F)c2)C1. The van der Waals surface area contributed by atoms with Gasteiger partial charge in [0.15, 0.2) is 0 Å². The first-order valence-corrected chi connectivity index (χ1v) is 6.98. The van der Waals surface area contributed by atoms with Gasteiger partial charge in [-0.15, -0.1) is 0 Å². The van der Waals surface area contributed by atoms with Gasteiger partial charge in [0.25, 0.3) is 0 Å². The molecule has 0 aromatic heterocycles. The summed E-state index contributed by atoms with van der Waals surface area (Å²) in [6.07, 6.45) is -3.56. The van der Waals surface area contributed by atoms with Crippen molar-refractivity contribution in [2.45, 2.75) is 12.6 Å². The van der Waals surface area contributed by atoms with Crippen LogP contribution >= 0.6 is 12.2 Å². The first kappa shape index (κ1) is 16.0. The summed E-state index contributed by atoms with van der Waals surface area (Å²) in [7, 11) is 1.63. The Morgan fingerprint density at radius 2 is 2.19 bits per heavy atom. The number of ether oxygens (including phenoxy) is 1. The van der Waals surface area contributed by atoms with Gasteiger partial charge in [-0.1, -0.05) is 12.2 Å². The fraction of sp³-hybridized carbons (Fsp3) is 0.500. The first-order valence-electron chi connectivity index (χ1n) is 6.58. The lowest BCUT2D eigenvalue weighted by Crippen LogP contribution is -2.23. The van der Waals surface area contributed by atoms with Crippen molar-refractivity contribution in [2.24, 2.45) is 11.7 Å². The van der Waals surface area contributed by atoms with E-state index in [1.807, 2.05) is 4.90 Å². The monoisotopic (exact) mass is 318 g/mol. The first-order chi connectivity index (χ1) is 9.82. The van der Waals surface area contributed by atoms with Crippen molar-refractivity contribution in [3.8, 4) is 0 Å². The average molecular weight is 318 g/mol. The van der Waals surface area contributed by atoms with Crippen molar-refractivity contribution in [1.82, 2.24) is 0 Å². The average Bonchev–Trinajstić information content (AvgIpc) is 2.86. The van der Waals surface area contributed by atoms with Crippen LogP contribution in [0, 0.1) is 5.92 Å². The summed E-state index contributed by atoms with van der Waals surface area (Å²) in [4.78, 5) is 1.69. The van der Waals surface area contributed by atoms with Crippen LogP contribution in [0.15, 0.2) is 18.2 Å². The maximum atomic E-state index is 13.1. The predicted octanol–water partition coefficient (Wildman–Crippen LogP) is 2.81. The van der Waals surface area contributed by atoms with Gasteiger partial charge in [0, 0.05) is 37.4 Å². The zero-order chi connectivity index (χ0) is 15.6. The van der Waals surface area contributed by atoms with Crippen molar-refractivity contribution >= 4 is 22.9 Å². The lowest BCUT2D eigenvalue weighted by atomic mass is 10.1. The highest BCUT2D eigenvalue weighted by atomic mass is 32.1. The van der Waals surface area contributed by atoms with E-state index in [1.165, 1.54) is 6.07 Å². The van der Waals surface area contributed by atoms with Crippen LogP contribution in [0.25, 0.3) is 0 Å². The maximum absolute atomic E-state index is 13.1. The Balaban J connectivity index is 2.29. The normalized spacial score (nSPS) is 19.0. The van der Waals surface area contributed by atoms with Crippen molar-refractivity contribution in [2.75, 3.05) is 31.7 Å². The van der Waals surface area contributed by atoms with Gasteiger partial charge in [0.2, 0.25) is 0 Å². The molecule has 3 nitrogen and oxygen atoms in total. The van der Waals surface area contributed by atoms with E-state index in [0.717, 1.165) is 19.0 Å². The molecule has 1 aliphatic rings. The molecule has 1 fully saturated rings. The van der Waals surface area contributed by atoms with Crippen molar-refractivity contribution < 1.29 is 17.9 Å². The Morgan fingerprint density at radius 3 is 2.76 bits per heavy atom. The molecule has 1 aromatic rings. The molecule has 1 saturated heterocycles. The van der Waals surface area contributed by atoms with E-state index in [4.69, 9.17) is 22.7 Å². The number of alkyl halides is 3. The van der Waals surface area contributed by atoms with E-state index >= 15 is 0 Å². The van der Waals surface area contributed by atoms with Gasteiger partial charge in [0.05, 0.1) is 12.2 Å². The summed E-state index contributed by atoms with van der Waals surface area (Å²) in [5.41, 5.74) is 5.01. The van der Waals surface area contributed by atoms with E-state index in [9.17, 15) is 13.2 Å². The van der Waals surface area contributed by atoms with Gasteiger partial charge >= 0.3 is 6.18 Å². The molecular weight excluding hydrogens is 301 g/mol. The second kappa shape index (κ2) is 6.19. The third kappa shape index (κ3) is 3.65. The van der Waals surface area contributed by atoms with Crippen LogP contribution in [-0.4, -0.2) is 31.8 Å². The largest absolute Gasteiger partial charge is 0.417 e. The number of hydrogen-bond acceptors (Lipinski definition) is 3. The summed E-state index contributed by atoms with van der Waals surface area (Å²) >= 11 is 4.70. The lowest BCUT2D eigenvalue weighted by molar-refractivity contribution is -0.137. The van der Waals surface area contributed by atoms with Crippen LogP contribution in [0.4, 0.5) is 18.9 Å². The topological polar surface area (TPSA) is 38.5 Å². The number of benzene rings is 1. The number of rotatable bonds is 4. The molecule has 1 aliphatic heterocycles. The molecule has 2 rings (SSSR count). The van der Waals surface area contributed by atoms with Crippen LogP contribution < -0.4 is 10.6 Å². The summed E-state index contributed by atoms with van der Waals surface area (Å²) in [6, 6.07) is 4.12. The fourth-order valence-electron chi connectivity index (χ4n) is 2.62. The van der Waals surface area contributed by atoms with E-state index in [0.29, 0.717) is 24.8 Å². The number of nitrogens with two attached hydrogens (primary N) is 1. The van der Waals surface area contributed by atoms with Crippen LogP contribution in [0.2, 0.25) is 0 Å². The zero-order valence-electron chi connectivity index (χ0n) is 11.6. The fourth-order valence-corrected chi connectivity index (χ4v) is 2.80. The van der Waals surface area contributed by atoms with Crippen molar-refractivity contribution in [1.29, 1.82) is 0 Å². The van der Waals surface area contributed by atoms with Gasteiger partial charge in [0.1, 0.15) is 4.99 Å². The van der Waals surface area contributed by atoms with Gasteiger partial charge < -0.3 is 15.4 Å². The standard InChI is InChI=1S/C14H17F3N2OS/c1-20-8-9-4-5-19(7-9)10-2-3-11(13(18)21)12(6-10)14(15,16)17/h2-3,6,9H,4-5,7-8H2,1H3,(H2,18,21). The number of halogens is 3. The van der Waals surface area contributed by atoms with Gasteiger partial charge in [-0.05, 0) is 24.6 Å². The minimum absolute atomic E-state index is 0.131. The Hall–Kier alpha value is -1.34. The number of thiocarbonyl (C=S) groups is 1. The minimum Gasteiger partial charge on any atom is -0.389 e. The minimum atomic E-state index is -4.47. The third-order valence-electron chi connectivity index (χ3n) is 3.63. The molecule has 1 atom stereocenters. The Morgan fingerprint density at radius 1 is 1.48 bits per heavy atom. The number of anilines is 1. The van der Waals surface area contributed by atoms with Crippen LogP contribution in [0.1, 0.15) is 17.5 Å². The third-order valence-corrected chi connectivity index (χ3v) is 3.85. The molecule has 0 bridgehead atoms. The van der Waals surface area contributed by atoms with Crippen LogP contribution in [0.5, 0.6) is 0 Å². The van der Waals surface area contributed by atoms with Crippen LogP contribution in [0.3, 0.4) is 0 Å². The molecule has 0 saturated carbocycles. The second-order valence-electron chi connectivity index (χ2n) is 5.15. The second-order valence-corrected chi connectivity index (χ2v) is 5.59. The molecular formula is C14H17F3N2OS. The summed E-state index contributed by atoms with van der Waals surface area (Å²) in [6.45, 7) is 2.03. The molecule has 1 unspecified atom stereocenters. The molecule has 1 aromatic carbocycles. The quantitative estimate of drug-likeness (QED) is 0.867. The highest BCUT2D eigenvalue weighted by molar-refractivity contribution is 7.80. The lowest BCUT2D eigenvalue weighted by Gasteiger charge is -2.21. The van der Waals surface area contributed by atoms with E-state index in [2.05, 4.69) is 0 Å². The Kier molecular flexibility index (Phi) is 4.73. The molecule has 1 heterocycles. The van der Waals surface area contributed by atoms with E-state index < -0.39 is 11.7 Å². The number of methoxy groups -OCH3 is 1. The van der Waals surface area contributed by atoms with E-state index in [-0.39, 0.29) is 10.6 Å². The highest BCUT2D eigenvalue weighted by Gasteiger charge is 2.35. The molecule has 0 spiro atoms. The van der Waals surface area contributed by atoms with Gasteiger partial charge in [-0.2, -0.15) is 13.2 Å². The van der Waals surface area contributed by atoms with Gasteiger partial charge in [-0.25, -0.2) is 0 Å². The molecule has 0 radical (unpaired) electrons. The predicted molar refractivity (Wildman–Crippen MR) is 79.5 cm³/mol. The summed E-state index contributed by atoms with van der Waals surface area (Å²) < 4.78 is 44.5. The van der Waals surface area contributed by atoms with Crippen LogP contribution in [-0.2, 0) is 10.9 Å². The summed E-state index contributed by atoms with van der Waals surface area (Å²) in [5, 5.41) is 0. The van der Waals surface area contributed by atoms with E-state index in [1.54, 1.807) is 13.2 Å². The van der Waals surface area contributed by atoms with Gasteiger partial charge in [-0.3, -0.25) is 0 Å². The molecule has 0 amide bonds. The van der Waals surface area contributed by atoms with Crippen molar-refractivity contribution in [3.63, 3.8) is 0 Å². The Bertz CT molecular complexity index is 533. The molecule has 7 heteroatoms. The molecule has 21 heavy (non-hydrogen) atoms. The molecule has 116 valence electrons. The van der Waals surface area contributed by atoms with Crippen molar-refractivity contribution in [3.05, 3.63) is 29.3 Å². The molecule has 0 aliphatic carbocycles. The maximum Gasteiger partial charge on any atom is 0.417 e. The number of hydrogen-bond donors (Lipinski definition) is 1. The highest BCUT2D eigenvalue weighted by Crippen LogP contribution is 2.35. The smallest absolute Gasteiger partial charge is 0.389 e. The summed E-state index contributed by atoms with van der Waals surface area (Å²) in [5.74, 6) is 0.347. The Labute approximate surface area is 126 Å². The zero-order valence-corrected chi connectivity index (χ0v) is 12.4. The molecule has 2 N–H and O–H groups in total.